The molecular formula is C17H28O6. The minimum atomic E-state index is -1.14. The minimum Gasteiger partial charge on any atom is -0.481 e. The van der Waals surface area contributed by atoms with Gasteiger partial charge in [-0.25, -0.2) is 0 Å². The van der Waals surface area contributed by atoms with E-state index in [-0.39, 0.29) is 25.0 Å². The maximum absolute atomic E-state index is 12.2. The Bertz CT molecular complexity index is 397. The first kappa shape index (κ1) is 19.5. The molecule has 1 saturated carbocycles. The van der Waals surface area contributed by atoms with Crippen molar-refractivity contribution in [1.82, 2.24) is 0 Å². The van der Waals surface area contributed by atoms with Gasteiger partial charge >= 0.3 is 17.9 Å². The zero-order chi connectivity index (χ0) is 17.6. The second-order valence-corrected chi connectivity index (χ2v) is 7.06. The number of esters is 2. The summed E-state index contributed by atoms with van der Waals surface area (Å²) in [6.45, 7) is 8.15. The van der Waals surface area contributed by atoms with Gasteiger partial charge in [0.2, 0.25) is 0 Å². The summed E-state index contributed by atoms with van der Waals surface area (Å²) in [5.41, 5.74) is 0. The van der Waals surface area contributed by atoms with Crippen molar-refractivity contribution in [3.05, 3.63) is 0 Å². The van der Waals surface area contributed by atoms with Gasteiger partial charge in [0.25, 0.3) is 0 Å². The molecule has 1 aliphatic carbocycles. The van der Waals surface area contributed by atoms with Gasteiger partial charge < -0.3 is 14.6 Å². The third kappa shape index (κ3) is 5.84. The van der Waals surface area contributed by atoms with E-state index in [4.69, 9.17) is 9.47 Å². The van der Waals surface area contributed by atoms with Crippen LogP contribution < -0.4 is 0 Å². The summed E-state index contributed by atoms with van der Waals surface area (Å²) < 4.78 is 10.4. The predicted molar refractivity (Wildman–Crippen MR) is 83.6 cm³/mol. The van der Waals surface area contributed by atoms with Gasteiger partial charge in [-0.05, 0) is 24.7 Å². The van der Waals surface area contributed by atoms with Crippen molar-refractivity contribution in [3.63, 3.8) is 0 Å². The van der Waals surface area contributed by atoms with E-state index in [1.54, 1.807) is 0 Å². The third-order valence-corrected chi connectivity index (χ3v) is 3.91. The van der Waals surface area contributed by atoms with E-state index in [0.29, 0.717) is 19.3 Å². The fourth-order valence-electron chi connectivity index (χ4n) is 2.78. The Kier molecular flexibility index (Phi) is 7.52. The lowest BCUT2D eigenvalue weighted by atomic mass is 9.72. The number of carbonyl (C=O) groups is 3. The second kappa shape index (κ2) is 8.89. The average Bonchev–Trinajstić information content (AvgIpc) is 2.49. The molecule has 0 heterocycles. The van der Waals surface area contributed by atoms with Crippen LogP contribution in [-0.2, 0) is 23.9 Å². The quantitative estimate of drug-likeness (QED) is 0.722. The van der Waals surface area contributed by atoms with E-state index in [1.165, 1.54) is 0 Å². The molecule has 1 rings (SSSR count). The molecule has 1 N–H and O–H groups in total. The van der Waals surface area contributed by atoms with Crippen LogP contribution in [0.3, 0.4) is 0 Å². The number of rotatable bonds is 7. The molecule has 0 aromatic heterocycles. The van der Waals surface area contributed by atoms with Crippen LogP contribution in [0, 0.1) is 29.6 Å². The number of hydrogen-bond acceptors (Lipinski definition) is 5. The van der Waals surface area contributed by atoms with Gasteiger partial charge in [0.1, 0.15) is 0 Å². The number of carboxylic acids is 1. The van der Waals surface area contributed by atoms with Gasteiger partial charge in [0.15, 0.2) is 0 Å². The van der Waals surface area contributed by atoms with Crippen LogP contribution in [0.4, 0.5) is 0 Å². The molecule has 0 radical (unpaired) electrons. The molecular weight excluding hydrogens is 300 g/mol. The summed E-state index contributed by atoms with van der Waals surface area (Å²) in [5.74, 6) is -4.45. The average molecular weight is 328 g/mol. The Labute approximate surface area is 137 Å². The van der Waals surface area contributed by atoms with Gasteiger partial charge in [0, 0.05) is 0 Å². The Balaban J connectivity index is 2.81. The van der Waals surface area contributed by atoms with Crippen LogP contribution in [0.1, 0.15) is 47.0 Å². The first-order chi connectivity index (χ1) is 10.7. The summed E-state index contributed by atoms with van der Waals surface area (Å²) in [5, 5.41) is 9.52. The lowest BCUT2D eigenvalue weighted by Crippen LogP contribution is -2.43. The maximum Gasteiger partial charge on any atom is 0.309 e. The summed E-state index contributed by atoms with van der Waals surface area (Å²) in [6.07, 6.45) is 1.48. The van der Waals surface area contributed by atoms with Gasteiger partial charge in [-0.15, -0.1) is 0 Å². The van der Waals surface area contributed by atoms with Crippen LogP contribution >= 0.6 is 0 Å². The highest BCUT2D eigenvalue weighted by atomic mass is 16.5. The van der Waals surface area contributed by atoms with Crippen molar-refractivity contribution < 1.29 is 29.0 Å². The minimum absolute atomic E-state index is 0.178. The first-order valence-electron chi connectivity index (χ1n) is 8.30. The first-order valence-corrected chi connectivity index (χ1v) is 8.30. The van der Waals surface area contributed by atoms with Crippen molar-refractivity contribution in [3.8, 4) is 0 Å². The zero-order valence-electron chi connectivity index (χ0n) is 14.4. The van der Waals surface area contributed by atoms with Crippen LogP contribution in [0.5, 0.6) is 0 Å². The Morgan fingerprint density at radius 2 is 1.30 bits per heavy atom. The molecule has 0 aliphatic heterocycles. The monoisotopic (exact) mass is 328 g/mol. The van der Waals surface area contributed by atoms with E-state index in [9.17, 15) is 19.5 Å². The van der Waals surface area contributed by atoms with Gasteiger partial charge in [-0.2, -0.15) is 0 Å². The molecule has 2 atom stereocenters. The van der Waals surface area contributed by atoms with Crippen molar-refractivity contribution in [2.45, 2.75) is 47.0 Å². The molecule has 132 valence electrons. The number of carbonyl (C=O) groups excluding carboxylic acids is 2. The molecule has 6 heteroatoms. The van der Waals surface area contributed by atoms with Crippen molar-refractivity contribution in [2.24, 2.45) is 29.6 Å². The molecule has 0 saturated heterocycles. The highest BCUT2D eigenvalue weighted by Crippen LogP contribution is 2.37. The normalized spacial score (nSPS) is 24.5. The fourth-order valence-corrected chi connectivity index (χ4v) is 2.78. The molecule has 0 amide bonds. The summed E-state index contributed by atoms with van der Waals surface area (Å²) in [6, 6.07) is 0. The number of carboxylic acid groups (broad SMARTS) is 1. The highest BCUT2D eigenvalue weighted by molar-refractivity contribution is 5.86. The molecule has 2 unspecified atom stereocenters. The third-order valence-electron chi connectivity index (χ3n) is 3.91. The van der Waals surface area contributed by atoms with E-state index in [0.717, 1.165) is 0 Å². The predicted octanol–water partition coefficient (Wildman–Crippen LogP) is 2.50. The second-order valence-electron chi connectivity index (χ2n) is 7.06. The van der Waals surface area contributed by atoms with E-state index >= 15 is 0 Å². The molecule has 0 spiro atoms. The fraction of sp³-hybridized carbons (Fsp3) is 0.824. The van der Waals surface area contributed by atoms with Crippen molar-refractivity contribution in [1.29, 1.82) is 0 Å². The zero-order valence-corrected chi connectivity index (χ0v) is 14.4. The SMILES string of the molecule is CC(C)COC(=O)C1CCCC(C(=O)OCC(C)C)C1C(=O)O. The van der Waals surface area contributed by atoms with Crippen molar-refractivity contribution in [2.75, 3.05) is 13.2 Å². The number of ether oxygens (including phenoxy) is 2. The summed E-state index contributed by atoms with van der Waals surface area (Å²) >= 11 is 0. The van der Waals surface area contributed by atoms with E-state index in [2.05, 4.69) is 0 Å². The van der Waals surface area contributed by atoms with Crippen LogP contribution in [0.25, 0.3) is 0 Å². The van der Waals surface area contributed by atoms with Gasteiger partial charge in [-0.1, -0.05) is 34.1 Å². The van der Waals surface area contributed by atoms with E-state index < -0.39 is 35.7 Å². The van der Waals surface area contributed by atoms with E-state index in [1.807, 2.05) is 27.7 Å². The lowest BCUT2D eigenvalue weighted by Gasteiger charge is -2.33. The maximum atomic E-state index is 12.2. The lowest BCUT2D eigenvalue weighted by molar-refractivity contribution is -0.170. The summed E-state index contributed by atoms with van der Waals surface area (Å²) in [4.78, 5) is 36.1. The molecule has 0 bridgehead atoms. The molecule has 23 heavy (non-hydrogen) atoms. The standard InChI is InChI=1S/C17H28O6/c1-10(2)8-22-16(20)12-6-5-7-13(14(12)15(18)19)17(21)23-9-11(3)4/h10-14H,5-9H2,1-4H3,(H,18,19). The number of aliphatic carboxylic acids is 1. The molecule has 1 aliphatic rings. The Hall–Kier alpha value is -1.59. The van der Waals surface area contributed by atoms with Crippen LogP contribution in [0.2, 0.25) is 0 Å². The highest BCUT2D eigenvalue weighted by Gasteiger charge is 2.46. The number of hydrogen-bond donors (Lipinski definition) is 1. The molecule has 0 aromatic rings. The molecule has 1 fully saturated rings. The van der Waals surface area contributed by atoms with Crippen molar-refractivity contribution >= 4 is 17.9 Å². The topological polar surface area (TPSA) is 89.9 Å². The Morgan fingerprint density at radius 1 is 0.913 bits per heavy atom. The summed E-state index contributed by atoms with van der Waals surface area (Å²) in [7, 11) is 0. The van der Waals surface area contributed by atoms with Gasteiger partial charge in [-0.3, -0.25) is 14.4 Å². The van der Waals surface area contributed by atoms with Crippen LogP contribution in [0.15, 0.2) is 0 Å². The largest absolute Gasteiger partial charge is 0.481 e. The molecule has 0 aromatic carbocycles. The smallest absolute Gasteiger partial charge is 0.309 e. The van der Waals surface area contributed by atoms with Gasteiger partial charge in [0.05, 0.1) is 31.0 Å². The Morgan fingerprint density at radius 3 is 1.61 bits per heavy atom. The van der Waals surface area contributed by atoms with Crippen LogP contribution in [-0.4, -0.2) is 36.2 Å². The molecule has 6 nitrogen and oxygen atoms in total.